The van der Waals surface area contributed by atoms with Crippen LogP contribution in [0.1, 0.15) is 50.5 Å². The number of benzene rings is 1. The van der Waals surface area contributed by atoms with Crippen LogP contribution in [0.4, 0.5) is 4.39 Å². The molecule has 0 radical (unpaired) electrons. The quantitative estimate of drug-likeness (QED) is 0.895. The van der Waals surface area contributed by atoms with Crippen LogP contribution in [-0.2, 0) is 10.2 Å². The summed E-state index contributed by atoms with van der Waals surface area (Å²) in [7, 11) is 0. The van der Waals surface area contributed by atoms with E-state index in [1.54, 1.807) is 6.07 Å². The number of carboxylic acid groups (broad SMARTS) is 1. The number of rotatable bonds is 5. The van der Waals surface area contributed by atoms with Gasteiger partial charge in [-0.25, -0.2) is 4.39 Å². The molecular formula is C17H21FO3. The minimum Gasteiger partial charge on any atom is -0.493 e. The van der Waals surface area contributed by atoms with E-state index in [2.05, 4.69) is 0 Å². The maximum absolute atomic E-state index is 13.7. The fraction of sp³-hybridized carbons (Fsp3) is 0.588. The zero-order chi connectivity index (χ0) is 14.9. The third-order valence-corrected chi connectivity index (χ3v) is 5.02. The van der Waals surface area contributed by atoms with Crippen LogP contribution in [0.3, 0.4) is 0 Å². The predicted octanol–water partition coefficient (Wildman–Crippen LogP) is 3.90. The van der Waals surface area contributed by atoms with Crippen LogP contribution in [0.5, 0.6) is 5.75 Å². The van der Waals surface area contributed by atoms with E-state index in [1.807, 2.05) is 0 Å². The summed E-state index contributed by atoms with van der Waals surface area (Å²) in [6.07, 6.45) is 6.43. The summed E-state index contributed by atoms with van der Waals surface area (Å²) in [5, 5.41) is 9.69. The molecule has 3 nitrogen and oxygen atoms in total. The Hall–Kier alpha value is -1.58. The lowest BCUT2D eigenvalue weighted by Crippen LogP contribution is -2.33. The summed E-state index contributed by atoms with van der Waals surface area (Å²) < 4.78 is 19.5. The SMILES string of the molecule is O=C(O)C1(c2cc(F)ccc2OCC2CCC2)CCCC1. The molecule has 0 aromatic heterocycles. The molecule has 0 amide bonds. The molecule has 0 saturated heterocycles. The highest BCUT2D eigenvalue weighted by atomic mass is 19.1. The highest BCUT2D eigenvalue weighted by Crippen LogP contribution is 2.45. The Labute approximate surface area is 124 Å². The van der Waals surface area contributed by atoms with Gasteiger partial charge in [-0.05, 0) is 49.8 Å². The van der Waals surface area contributed by atoms with Gasteiger partial charge < -0.3 is 9.84 Å². The Morgan fingerprint density at radius 2 is 2.00 bits per heavy atom. The molecule has 2 aliphatic rings. The first kappa shape index (κ1) is 14.4. The average Bonchev–Trinajstić information content (AvgIpc) is 2.89. The van der Waals surface area contributed by atoms with Crippen molar-refractivity contribution in [2.24, 2.45) is 5.92 Å². The normalized spacial score (nSPS) is 21.0. The molecule has 1 aromatic carbocycles. The van der Waals surface area contributed by atoms with Gasteiger partial charge in [-0.1, -0.05) is 19.3 Å². The Kier molecular flexibility index (Phi) is 3.87. The van der Waals surface area contributed by atoms with Gasteiger partial charge in [-0.15, -0.1) is 0 Å². The maximum atomic E-state index is 13.7. The van der Waals surface area contributed by atoms with Gasteiger partial charge in [0.05, 0.1) is 12.0 Å². The maximum Gasteiger partial charge on any atom is 0.314 e. The van der Waals surface area contributed by atoms with Crippen molar-refractivity contribution in [2.45, 2.75) is 50.4 Å². The molecule has 4 heteroatoms. The van der Waals surface area contributed by atoms with Gasteiger partial charge in [-0.3, -0.25) is 4.79 Å². The topological polar surface area (TPSA) is 46.5 Å². The third-order valence-electron chi connectivity index (χ3n) is 5.02. The zero-order valence-electron chi connectivity index (χ0n) is 12.1. The smallest absolute Gasteiger partial charge is 0.314 e. The average molecular weight is 292 g/mol. The molecule has 0 unspecified atom stereocenters. The number of carbonyl (C=O) groups is 1. The van der Waals surface area contributed by atoms with Crippen LogP contribution in [0, 0.1) is 11.7 Å². The lowest BCUT2D eigenvalue weighted by Gasteiger charge is -2.29. The van der Waals surface area contributed by atoms with Gasteiger partial charge in [0, 0.05) is 5.56 Å². The largest absolute Gasteiger partial charge is 0.493 e. The highest BCUT2D eigenvalue weighted by molar-refractivity contribution is 5.83. The van der Waals surface area contributed by atoms with E-state index in [0.29, 0.717) is 36.7 Å². The minimum absolute atomic E-state index is 0.395. The van der Waals surface area contributed by atoms with Crippen LogP contribution in [0.15, 0.2) is 18.2 Å². The van der Waals surface area contributed by atoms with E-state index in [-0.39, 0.29) is 0 Å². The lowest BCUT2D eigenvalue weighted by molar-refractivity contribution is -0.143. The van der Waals surface area contributed by atoms with Crippen LogP contribution in [-0.4, -0.2) is 17.7 Å². The Balaban J connectivity index is 1.90. The standard InChI is InChI=1S/C17H21FO3/c18-13-6-7-15(21-11-12-4-3-5-12)14(10-13)17(16(19)20)8-1-2-9-17/h6-7,10,12H,1-5,8-9,11H2,(H,19,20). The number of hydrogen-bond acceptors (Lipinski definition) is 2. The molecule has 0 bridgehead atoms. The van der Waals surface area contributed by atoms with Gasteiger partial charge in [0.2, 0.25) is 0 Å². The second kappa shape index (κ2) is 5.66. The van der Waals surface area contributed by atoms with Crippen LogP contribution >= 0.6 is 0 Å². The molecule has 21 heavy (non-hydrogen) atoms. The van der Waals surface area contributed by atoms with Crippen molar-refractivity contribution in [2.75, 3.05) is 6.61 Å². The van der Waals surface area contributed by atoms with Gasteiger partial charge in [0.25, 0.3) is 0 Å². The summed E-state index contributed by atoms with van der Waals surface area (Å²) >= 11 is 0. The van der Waals surface area contributed by atoms with E-state index in [9.17, 15) is 14.3 Å². The predicted molar refractivity (Wildman–Crippen MR) is 77.0 cm³/mol. The highest BCUT2D eigenvalue weighted by Gasteiger charge is 2.45. The van der Waals surface area contributed by atoms with Crippen molar-refractivity contribution >= 4 is 5.97 Å². The summed E-state index contributed by atoms with van der Waals surface area (Å²) in [5.74, 6) is -0.146. The molecule has 0 aliphatic heterocycles. The number of hydrogen-bond donors (Lipinski definition) is 1. The number of ether oxygens (including phenoxy) is 1. The van der Waals surface area contributed by atoms with Crippen LogP contribution in [0.2, 0.25) is 0 Å². The Bertz CT molecular complexity index is 531. The van der Waals surface area contributed by atoms with Crippen molar-refractivity contribution in [3.8, 4) is 5.75 Å². The minimum atomic E-state index is -0.975. The zero-order valence-corrected chi connectivity index (χ0v) is 12.1. The lowest BCUT2D eigenvalue weighted by atomic mass is 9.78. The fourth-order valence-corrected chi connectivity index (χ4v) is 3.45. The molecule has 2 aliphatic carbocycles. The van der Waals surface area contributed by atoms with E-state index in [4.69, 9.17) is 4.74 Å². The molecule has 114 valence electrons. The number of halogens is 1. The molecule has 0 heterocycles. The second-order valence-electron chi connectivity index (χ2n) is 6.34. The number of carboxylic acids is 1. The third kappa shape index (κ3) is 2.63. The van der Waals surface area contributed by atoms with Crippen molar-refractivity contribution in [1.29, 1.82) is 0 Å². The van der Waals surface area contributed by atoms with E-state index in [0.717, 1.165) is 12.8 Å². The van der Waals surface area contributed by atoms with Crippen molar-refractivity contribution < 1.29 is 19.0 Å². The van der Waals surface area contributed by atoms with Gasteiger partial charge in [-0.2, -0.15) is 0 Å². The number of aliphatic carboxylic acids is 1. The summed E-state index contributed by atoms with van der Waals surface area (Å²) in [6.45, 7) is 0.605. The van der Waals surface area contributed by atoms with Gasteiger partial charge >= 0.3 is 5.97 Å². The monoisotopic (exact) mass is 292 g/mol. The van der Waals surface area contributed by atoms with Crippen molar-refractivity contribution in [1.82, 2.24) is 0 Å². The molecule has 0 spiro atoms. The van der Waals surface area contributed by atoms with E-state index < -0.39 is 17.2 Å². The van der Waals surface area contributed by atoms with Gasteiger partial charge in [0.1, 0.15) is 11.6 Å². The second-order valence-corrected chi connectivity index (χ2v) is 6.34. The Morgan fingerprint density at radius 3 is 2.57 bits per heavy atom. The Morgan fingerprint density at radius 1 is 1.29 bits per heavy atom. The first-order valence-electron chi connectivity index (χ1n) is 7.78. The van der Waals surface area contributed by atoms with Crippen molar-refractivity contribution in [3.05, 3.63) is 29.6 Å². The van der Waals surface area contributed by atoms with E-state index in [1.165, 1.54) is 31.4 Å². The molecule has 2 saturated carbocycles. The van der Waals surface area contributed by atoms with Gasteiger partial charge in [0.15, 0.2) is 0 Å². The van der Waals surface area contributed by atoms with E-state index >= 15 is 0 Å². The molecule has 1 N–H and O–H groups in total. The first-order valence-corrected chi connectivity index (χ1v) is 7.78. The summed E-state index contributed by atoms with van der Waals surface area (Å²) in [4.78, 5) is 11.8. The first-order chi connectivity index (χ1) is 10.1. The molecule has 2 fully saturated rings. The molecule has 3 rings (SSSR count). The molecular weight excluding hydrogens is 271 g/mol. The van der Waals surface area contributed by atoms with Crippen molar-refractivity contribution in [3.63, 3.8) is 0 Å². The van der Waals surface area contributed by atoms with Crippen LogP contribution < -0.4 is 4.74 Å². The molecule has 1 aromatic rings. The summed E-state index contributed by atoms with van der Waals surface area (Å²) in [5.41, 5.74) is -0.455. The molecule has 0 atom stereocenters. The summed E-state index contributed by atoms with van der Waals surface area (Å²) in [6, 6.07) is 4.30. The van der Waals surface area contributed by atoms with Crippen LogP contribution in [0.25, 0.3) is 0 Å². The fourth-order valence-electron chi connectivity index (χ4n) is 3.45.